The van der Waals surface area contributed by atoms with Gasteiger partial charge in [-0.05, 0) is 23.3 Å². The van der Waals surface area contributed by atoms with Crippen LogP contribution in [0, 0.1) is 0 Å². The number of hydrogen-bond donors (Lipinski definition) is 0. The Balaban J connectivity index is 2.43. The molecule has 0 atom stereocenters. The summed E-state index contributed by atoms with van der Waals surface area (Å²) in [5, 5.41) is 0.560. The van der Waals surface area contributed by atoms with Crippen LogP contribution in [0.5, 0.6) is 0 Å². The first kappa shape index (κ1) is 12.1. The molecule has 0 nitrogen and oxygen atoms in total. The van der Waals surface area contributed by atoms with Crippen molar-refractivity contribution in [1.29, 1.82) is 0 Å². The van der Waals surface area contributed by atoms with Gasteiger partial charge >= 0.3 is 6.98 Å². The Morgan fingerprint density at radius 2 is 1.47 bits per heavy atom. The maximum Gasteiger partial charge on any atom is 0.509 e. The monoisotopic (exact) mass is 255 g/mol. The predicted octanol–water partition coefficient (Wildman–Crippen LogP) is 4.06. The van der Waals surface area contributed by atoms with Crippen LogP contribution in [-0.4, -0.2) is 6.98 Å². The van der Waals surface area contributed by atoms with Crippen LogP contribution >= 0.6 is 11.6 Å². The summed E-state index contributed by atoms with van der Waals surface area (Å²) in [5.41, 5.74) is 0.673. The minimum atomic E-state index is -4.95. The Morgan fingerprint density at radius 1 is 0.824 bits per heavy atom. The lowest BCUT2D eigenvalue weighted by atomic mass is 9.79. The molecular weight excluding hydrogens is 247 g/mol. The first-order valence-electron chi connectivity index (χ1n) is 5.03. The van der Waals surface area contributed by atoms with Crippen LogP contribution in [0.1, 0.15) is 0 Å². The lowest BCUT2D eigenvalue weighted by Crippen LogP contribution is -2.33. The molecule has 0 heterocycles. The minimum absolute atomic E-state index is 0.540. The molecule has 0 amide bonds. The molecule has 5 heteroatoms. The summed E-state index contributed by atoms with van der Waals surface area (Å²) in [6.45, 7) is -4.95. The number of rotatable bonds is 2. The van der Waals surface area contributed by atoms with E-state index in [1.165, 1.54) is 6.07 Å². The summed E-state index contributed by atoms with van der Waals surface area (Å²) in [7, 11) is 0. The molecule has 2 rings (SSSR count). The Labute approximate surface area is 102 Å². The smallest absolute Gasteiger partial charge is 0.445 e. The average molecular weight is 255 g/mol. The van der Waals surface area contributed by atoms with Crippen molar-refractivity contribution >= 4 is 24.0 Å². The van der Waals surface area contributed by atoms with Gasteiger partial charge in [0.15, 0.2) is 0 Å². The SMILES string of the molecule is F[B-](F)(F)c1cccc(-c2ccc(Cl)cc2)c1. The molecule has 0 radical (unpaired) electrons. The van der Waals surface area contributed by atoms with E-state index >= 15 is 0 Å². The molecule has 0 aromatic heterocycles. The highest BCUT2D eigenvalue weighted by Gasteiger charge is 2.25. The topological polar surface area (TPSA) is 0 Å². The fourth-order valence-electron chi connectivity index (χ4n) is 1.56. The summed E-state index contributed by atoms with van der Waals surface area (Å²) in [6, 6.07) is 12.0. The van der Waals surface area contributed by atoms with E-state index in [4.69, 9.17) is 11.6 Å². The number of halogens is 4. The largest absolute Gasteiger partial charge is 0.509 e. The molecule has 0 aliphatic rings. The van der Waals surface area contributed by atoms with E-state index in [2.05, 4.69) is 0 Å². The predicted molar refractivity (Wildman–Crippen MR) is 65.6 cm³/mol. The molecule has 0 unspecified atom stereocenters. The van der Waals surface area contributed by atoms with E-state index < -0.39 is 12.4 Å². The maximum absolute atomic E-state index is 12.6. The molecule has 0 bridgehead atoms. The van der Waals surface area contributed by atoms with Crippen LogP contribution in [0.25, 0.3) is 11.1 Å². The molecule has 88 valence electrons. The lowest BCUT2D eigenvalue weighted by molar-refractivity contribution is 0.501. The lowest BCUT2D eigenvalue weighted by Gasteiger charge is -2.15. The zero-order valence-electron chi connectivity index (χ0n) is 8.71. The third-order valence-electron chi connectivity index (χ3n) is 2.44. The minimum Gasteiger partial charge on any atom is -0.445 e. The van der Waals surface area contributed by atoms with Crippen molar-refractivity contribution in [2.24, 2.45) is 0 Å². The summed E-state index contributed by atoms with van der Waals surface area (Å²) < 4.78 is 37.8. The molecule has 2 aromatic carbocycles. The van der Waals surface area contributed by atoms with Gasteiger partial charge in [-0.2, -0.15) is 0 Å². The van der Waals surface area contributed by atoms with Crippen molar-refractivity contribution in [3.8, 4) is 11.1 Å². The molecule has 0 spiro atoms. The Morgan fingerprint density at radius 3 is 2.06 bits per heavy atom. The first-order valence-corrected chi connectivity index (χ1v) is 5.40. The Kier molecular flexibility index (Phi) is 3.16. The van der Waals surface area contributed by atoms with E-state index in [1.807, 2.05) is 0 Å². The van der Waals surface area contributed by atoms with Crippen molar-refractivity contribution in [3.05, 3.63) is 53.6 Å². The zero-order chi connectivity index (χ0) is 12.5. The number of hydrogen-bond acceptors (Lipinski definition) is 0. The fraction of sp³-hybridized carbons (Fsp3) is 0. The molecule has 0 aliphatic heterocycles. The Hall–Kier alpha value is -1.42. The maximum atomic E-state index is 12.6. The summed E-state index contributed by atoms with van der Waals surface area (Å²) in [5.74, 6) is 0. The third-order valence-corrected chi connectivity index (χ3v) is 2.69. The highest BCUT2D eigenvalue weighted by molar-refractivity contribution is 6.73. The van der Waals surface area contributed by atoms with E-state index in [-0.39, 0.29) is 0 Å². The van der Waals surface area contributed by atoms with Gasteiger partial charge in [0.25, 0.3) is 0 Å². The van der Waals surface area contributed by atoms with Gasteiger partial charge in [0.1, 0.15) is 0 Å². The highest BCUT2D eigenvalue weighted by atomic mass is 35.5. The van der Waals surface area contributed by atoms with Crippen LogP contribution in [-0.2, 0) is 0 Å². The van der Waals surface area contributed by atoms with Gasteiger partial charge in [-0.25, -0.2) is 0 Å². The van der Waals surface area contributed by atoms with Crippen molar-refractivity contribution in [1.82, 2.24) is 0 Å². The van der Waals surface area contributed by atoms with E-state index in [1.54, 1.807) is 30.3 Å². The highest BCUT2D eigenvalue weighted by Crippen LogP contribution is 2.21. The van der Waals surface area contributed by atoms with Crippen LogP contribution in [0.3, 0.4) is 0 Å². The van der Waals surface area contributed by atoms with Crippen LogP contribution < -0.4 is 5.46 Å². The van der Waals surface area contributed by atoms with Gasteiger partial charge in [-0.1, -0.05) is 48.0 Å². The first-order chi connectivity index (χ1) is 7.97. The molecule has 0 saturated carbocycles. The molecule has 17 heavy (non-hydrogen) atoms. The van der Waals surface area contributed by atoms with Crippen molar-refractivity contribution in [3.63, 3.8) is 0 Å². The summed E-state index contributed by atoms with van der Waals surface area (Å²) in [4.78, 5) is 0. The summed E-state index contributed by atoms with van der Waals surface area (Å²) >= 11 is 5.73. The van der Waals surface area contributed by atoms with Crippen LogP contribution in [0.15, 0.2) is 48.5 Å². The van der Waals surface area contributed by atoms with Gasteiger partial charge in [0.2, 0.25) is 0 Å². The third kappa shape index (κ3) is 2.83. The molecule has 0 aliphatic carbocycles. The van der Waals surface area contributed by atoms with Crippen molar-refractivity contribution in [2.75, 3.05) is 0 Å². The van der Waals surface area contributed by atoms with Crippen LogP contribution in [0.4, 0.5) is 12.9 Å². The van der Waals surface area contributed by atoms with E-state index in [9.17, 15) is 12.9 Å². The molecular formula is C12H8BClF3-. The van der Waals surface area contributed by atoms with E-state index in [0.717, 1.165) is 17.7 Å². The second-order valence-corrected chi connectivity index (χ2v) is 4.14. The molecule has 0 fully saturated rings. The van der Waals surface area contributed by atoms with Crippen molar-refractivity contribution in [2.45, 2.75) is 0 Å². The van der Waals surface area contributed by atoms with Crippen molar-refractivity contribution < 1.29 is 12.9 Å². The van der Waals surface area contributed by atoms with Gasteiger partial charge in [-0.15, -0.1) is 5.46 Å². The fourth-order valence-corrected chi connectivity index (χ4v) is 1.69. The normalized spacial score (nSPS) is 11.5. The van der Waals surface area contributed by atoms with E-state index in [0.29, 0.717) is 10.6 Å². The number of benzene rings is 2. The van der Waals surface area contributed by atoms with Gasteiger partial charge in [0.05, 0.1) is 0 Å². The van der Waals surface area contributed by atoms with Gasteiger partial charge in [-0.3, -0.25) is 0 Å². The molecule has 2 aromatic rings. The molecule has 0 N–H and O–H groups in total. The Bertz CT molecular complexity index is 520. The zero-order valence-corrected chi connectivity index (χ0v) is 9.46. The quantitative estimate of drug-likeness (QED) is 0.710. The van der Waals surface area contributed by atoms with Crippen LogP contribution in [0.2, 0.25) is 5.02 Å². The standard InChI is InChI=1S/C12H8BClF3/c14-12-6-4-9(5-7-12)10-2-1-3-11(8-10)13(15,16)17/h1-8H/q-1. The van der Waals surface area contributed by atoms with Gasteiger partial charge in [0, 0.05) is 5.02 Å². The average Bonchev–Trinajstić information content (AvgIpc) is 2.29. The molecule has 0 saturated heterocycles. The second-order valence-electron chi connectivity index (χ2n) is 3.71. The van der Waals surface area contributed by atoms with Gasteiger partial charge < -0.3 is 12.9 Å². The second kappa shape index (κ2) is 4.45. The summed E-state index contributed by atoms with van der Waals surface area (Å²) in [6.07, 6.45) is 0.